The average Bonchev–Trinajstić information content (AvgIpc) is 2.81. The lowest BCUT2D eigenvalue weighted by Crippen LogP contribution is -2.18. The van der Waals surface area contributed by atoms with E-state index in [2.05, 4.69) is 22.4 Å². The minimum absolute atomic E-state index is 0.913. The van der Waals surface area contributed by atoms with Crippen LogP contribution in [0.4, 0.5) is 0 Å². The third kappa shape index (κ3) is 3.71. The highest BCUT2D eigenvalue weighted by Crippen LogP contribution is 2.15. The Labute approximate surface area is 112 Å². The lowest BCUT2D eigenvalue weighted by atomic mass is 10.2. The van der Waals surface area contributed by atoms with E-state index in [1.807, 2.05) is 28.8 Å². The molecule has 0 atom stereocenters. The van der Waals surface area contributed by atoms with Crippen LogP contribution in [-0.4, -0.2) is 33.4 Å². The summed E-state index contributed by atoms with van der Waals surface area (Å²) in [5.74, 6) is 1.03. The van der Waals surface area contributed by atoms with Gasteiger partial charge in [-0.1, -0.05) is 37.6 Å². The van der Waals surface area contributed by atoms with Crippen LogP contribution in [-0.2, 0) is 0 Å². The van der Waals surface area contributed by atoms with Crippen molar-refractivity contribution in [1.82, 2.24) is 19.9 Å². The number of aromatic nitrogens is 3. The number of rotatable bonds is 8. The van der Waals surface area contributed by atoms with Crippen LogP contribution >= 0.6 is 11.8 Å². The number of fused-ring (bicyclic) bond motifs is 1. The molecule has 0 aromatic carbocycles. The largest absolute Gasteiger partial charge is 0.316 e. The van der Waals surface area contributed by atoms with Crippen LogP contribution in [0, 0.1) is 0 Å². The zero-order chi connectivity index (χ0) is 12.6. The van der Waals surface area contributed by atoms with E-state index in [0.29, 0.717) is 0 Å². The van der Waals surface area contributed by atoms with E-state index in [1.54, 1.807) is 11.8 Å². The van der Waals surface area contributed by atoms with Crippen LogP contribution in [0.5, 0.6) is 0 Å². The van der Waals surface area contributed by atoms with Gasteiger partial charge in [0.15, 0.2) is 10.8 Å². The smallest absolute Gasteiger partial charge is 0.195 e. The summed E-state index contributed by atoms with van der Waals surface area (Å²) in [6.45, 7) is 4.37. The Bertz CT molecular complexity index is 469. The molecule has 98 valence electrons. The first kappa shape index (κ1) is 13.4. The summed E-state index contributed by atoms with van der Waals surface area (Å²) in [5, 5.41) is 12.7. The molecule has 0 aliphatic heterocycles. The fraction of sp³-hybridized carbons (Fsp3) is 0.538. The highest BCUT2D eigenvalue weighted by atomic mass is 32.2. The summed E-state index contributed by atoms with van der Waals surface area (Å²) >= 11 is 1.75. The van der Waals surface area contributed by atoms with E-state index in [1.165, 1.54) is 19.3 Å². The van der Waals surface area contributed by atoms with Crippen LogP contribution in [0.2, 0.25) is 0 Å². The normalized spacial score (nSPS) is 11.2. The van der Waals surface area contributed by atoms with E-state index in [4.69, 9.17) is 0 Å². The van der Waals surface area contributed by atoms with E-state index < -0.39 is 0 Å². The molecule has 1 N–H and O–H groups in total. The van der Waals surface area contributed by atoms with Crippen molar-refractivity contribution >= 4 is 17.4 Å². The third-order valence-corrected chi connectivity index (χ3v) is 3.69. The van der Waals surface area contributed by atoms with Crippen LogP contribution in [0.25, 0.3) is 5.65 Å². The van der Waals surface area contributed by atoms with Crippen molar-refractivity contribution in [2.75, 3.05) is 18.8 Å². The number of nitrogens with zero attached hydrogens (tertiary/aromatic N) is 3. The predicted molar refractivity (Wildman–Crippen MR) is 76.1 cm³/mol. The van der Waals surface area contributed by atoms with Gasteiger partial charge in [0.2, 0.25) is 0 Å². The first-order chi connectivity index (χ1) is 8.92. The highest BCUT2D eigenvalue weighted by Gasteiger charge is 2.03. The fourth-order valence-electron chi connectivity index (χ4n) is 1.76. The molecule has 0 fully saturated rings. The molecular formula is C13H20N4S. The molecule has 0 aliphatic carbocycles. The molecule has 0 unspecified atom stereocenters. The van der Waals surface area contributed by atoms with Gasteiger partial charge in [0.25, 0.3) is 0 Å². The monoisotopic (exact) mass is 264 g/mol. The summed E-state index contributed by atoms with van der Waals surface area (Å²) in [5.41, 5.74) is 0.913. The lowest BCUT2D eigenvalue weighted by Gasteiger charge is -2.03. The molecule has 0 radical (unpaired) electrons. The Hall–Kier alpha value is -1.07. The number of nitrogens with one attached hydrogen (secondary N) is 1. The van der Waals surface area contributed by atoms with Gasteiger partial charge in [0, 0.05) is 18.5 Å². The van der Waals surface area contributed by atoms with Crippen molar-refractivity contribution in [1.29, 1.82) is 0 Å². The minimum atomic E-state index is 0.913. The fourth-order valence-corrected chi connectivity index (χ4v) is 2.58. The third-order valence-electron chi connectivity index (χ3n) is 2.75. The summed E-state index contributed by atoms with van der Waals surface area (Å²) < 4.78 is 2.03. The number of hydrogen-bond acceptors (Lipinski definition) is 4. The lowest BCUT2D eigenvalue weighted by molar-refractivity contribution is 0.635. The van der Waals surface area contributed by atoms with Crippen molar-refractivity contribution in [3.63, 3.8) is 0 Å². The molecule has 0 saturated heterocycles. The maximum Gasteiger partial charge on any atom is 0.195 e. The number of pyridine rings is 1. The van der Waals surface area contributed by atoms with Gasteiger partial charge in [-0.05, 0) is 25.1 Å². The summed E-state index contributed by atoms with van der Waals surface area (Å²) in [7, 11) is 0. The summed E-state index contributed by atoms with van der Waals surface area (Å²) in [4.78, 5) is 0. The van der Waals surface area contributed by atoms with Crippen molar-refractivity contribution < 1.29 is 0 Å². The molecule has 2 aromatic heterocycles. The summed E-state index contributed by atoms with van der Waals surface area (Å²) in [6, 6.07) is 5.96. The molecule has 0 aliphatic rings. The molecule has 5 heteroatoms. The Morgan fingerprint density at radius 1 is 1.22 bits per heavy atom. The Kier molecular flexibility index (Phi) is 5.48. The van der Waals surface area contributed by atoms with Crippen LogP contribution in [0.1, 0.15) is 26.2 Å². The van der Waals surface area contributed by atoms with Gasteiger partial charge in [0.05, 0.1) is 0 Å². The van der Waals surface area contributed by atoms with E-state index in [9.17, 15) is 0 Å². The van der Waals surface area contributed by atoms with E-state index >= 15 is 0 Å². The maximum atomic E-state index is 4.19. The Balaban J connectivity index is 1.70. The van der Waals surface area contributed by atoms with Crippen molar-refractivity contribution in [2.24, 2.45) is 0 Å². The van der Waals surface area contributed by atoms with E-state index in [-0.39, 0.29) is 0 Å². The molecule has 0 saturated carbocycles. The van der Waals surface area contributed by atoms with Gasteiger partial charge >= 0.3 is 0 Å². The number of unbranched alkanes of at least 4 members (excludes halogenated alkanes) is 2. The zero-order valence-electron chi connectivity index (χ0n) is 10.8. The maximum absolute atomic E-state index is 4.19. The molecule has 0 amide bonds. The molecular weight excluding hydrogens is 244 g/mol. The minimum Gasteiger partial charge on any atom is -0.316 e. The zero-order valence-corrected chi connectivity index (χ0v) is 11.6. The summed E-state index contributed by atoms with van der Waals surface area (Å²) in [6.07, 6.45) is 5.87. The van der Waals surface area contributed by atoms with Gasteiger partial charge in [-0.3, -0.25) is 4.40 Å². The highest BCUT2D eigenvalue weighted by molar-refractivity contribution is 7.99. The molecule has 2 rings (SSSR count). The van der Waals surface area contributed by atoms with Gasteiger partial charge in [-0.25, -0.2) is 0 Å². The average molecular weight is 264 g/mol. The van der Waals surface area contributed by atoms with Crippen LogP contribution in [0.3, 0.4) is 0 Å². The van der Waals surface area contributed by atoms with Gasteiger partial charge < -0.3 is 5.32 Å². The quantitative estimate of drug-likeness (QED) is 0.588. The topological polar surface area (TPSA) is 42.2 Å². The van der Waals surface area contributed by atoms with Gasteiger partial charge in [-0.2, -0.15) is 0 Å². The second kappa shape index (κ2) is 7.38. The second-order valence-corrected chi connectivity index (χ2v) is 5.28. The molecule has 4 nitrogen and oxygen atoms in total. The number of hydrogen-bond donors (Lipinski definition) is 1. The molecule has 2 heterocycles. The molecule has 0 spiro atoms. The SMILES string of the molecule is CCCCCNCCSc1nnc2ccccn12. The Morgan fingerprint density at radius 3 is 3.06 bits per heavy atom. The second-order valence-electron chi connectivity index (χ2n) is 4.22. The Morgan fingerprint density at radius 2 is 2.17 bits per heavy atom. The van der Waals surface area contributed by atoms with Crippen molar-refractivity contribution in [2.45, 2.75) is 31.3 Å². The van der Waals surface area contributed by atoms with Crippen LogP contribution < -0.4 is 5.32 Å². The van der Waals surface area contributed by atoms with Crippen molar-refractivity contribution in [3.05, 3.63) is 24.4 Å². The van der Waals surface area contributed by atoms with Crippen molar-refractivity contribution in [3.8, 4) is 0 Å². The standard InChI is InChI=1S/C13H20N4S/c1-2-3-5-8-14-9-11-18-13-16-15-12-7-4-6-10-17(12)13/h4,6-7,10,14H,2-3,5,8-9,11H2,1H3. The van der Waals surface area contributed by atoms with Crippen LogP contribution in [0.15, 0.2) is 29.6 Å². The molecule has 2 aromatic rings. The van der Waals surface area contributed by atoms with E-state index in [0.717, 1.165) is 29.6 Å². The van der Waals surface area contributed by atoms with Gasteiger partial charge in [-0.15, -0.1) is 10.2 Å². The first-order valence-electron chi connectivity index (χ1n) is 6.55. The first-order valence-corrected chi connectivity index (χ1v) is 7.53. The molecule has 18 heavy (non-hydrogen) atoms. The molecule has 0 bridgehead atoms. The number of thioether (sulfide) groups is 1. The predicted octanol–water partition coefficient (Wildman–Crippen LogP) is 2.60. The van der Waals surface area contributed by atoms with Gasteiger partial charge in [0.1, 0.15) is 0 Å².